The van der Waals surface area contributed by atoms with Gasteiger partial charge in [0.1, 0.15) is 11.5 Å². The summed E-state index contributed by atoms with van der Waals surface area (Å²) in [6, 6.07) is 10.2. The van der Waals surface area contributed by atoms with Gasteiger partial charge in [0, 0.05) is 51.1 Å². The van der Waals surface area contributed by atoms with Gasteiger partial charge >= 0.3 is 0 Å². The van der Waals surface area contributed by atoms with Crippen LogP contribution in [0.5, 0.6) is 0 Å². The largest absolute Gasteiger partial charge is 0.353 e. The number of fused-ring (bicyclic) bond motifs is 1. The second kappa shape index (κ2) is 7.79. The van der Waals surface area contributed by atoms with E-state index in [9.17, 15) is 4.79 Å². The molecule has 1 amide bonds. The molecule has 1 saturated heterocycles. The molecule has 0 spiro atoms. The average Bonchev–Trinajstić information content (AvgIpc) is 3.23. The number of aromatic nitrogens is 5. The van der Waals surface area contributed by atoms with Crippen LogP contribution in [-0.4, -0.2) is 61.3 Å². The van der Waals surface area contributed by atoms with E-state index in [1.165, 1.54) is 5.56 Å². The van der Waals surface area contributed by atoms with Crippen molar-refractivity contribution in [2.45, 2.75) is 13.8 Å². The molecule has 0 radical (unpaired) electrons. The van der Waals surface area contributed by atoms with Crippen LogP contribution < -0.4 is 4.90 Å². The number of hydrogen-bond donors (Lipinski definition) is 0. The van der Waals surface area contributed by atoms with Gasteiger partial charge in [0.25, 0.3) is 0 Å². The van der Waals surface area contributed by atoms with Crippen molar-refractivity contribution in [3.05, 3.63) is 60.7 Å². The van der Waals surface area contributed by atoms with Crippen LogP contribution in [0.1, 0.15) is 12.5 Å². The molecule has 1 aliphatic rings. The van der Waals surface area contributed by atoms with Gasteiger partial charge in [0.05, 0.1) is 18.1 Å². The summed E-state index contributed by atoms with van der Waals surface area (Å²) in [6.45, 7) is 6.60. The highest BCUT2D eigenvalue weighted by Crippen LogP contribution is 2.23. The molecule has 31 heavy (non-hydrogen) atoms. The number of benzene rings is 1. The number of aryl methyl sites for hydroxylation is 1. The summed E-state index contributed by atoms with van der Waals surface area (Å²) in [5.74, 6) is 1.59. The zero-order valence-corrected chi connectivity index (χ0v) is 17.6. The van der Waals surface area contributed by atoms with E-state index in [0.29, 0.717) is 18.9 Å². The lowest BCUT2D eigenvalue weighted by molar-refractivity contribution is -0.129. The normalized spacial score (nSPS) is 14.3. The Morgan fingerprint density at radius 1 is 0.935 bits per heavy atom. The first-order valence-electron chi connectivity index (χ1n) is 10.3. The Bertz CT molecular complexity index is 1240. The minimum Gasteiger partial charge on any atom is -0.353 e. The molecule has 0 bridgehead atoms. The monoisotopic (exact) mass is 413 g/mol. The van der Waals surface area contributed by atoms with E-state index in [1.54, 1.807) is 25.5 Å². The first kappa shape index (κ1) is 19.2. The first-order valence-corrected chi connectivity index (χ1v) is 10.3. The van der Waals surface area contributed by atoms with Crippen LogP contribution in [0, 0.1) is 6.92 Å². The maximum absolute atomic E-state index is 11.6. The second-order valence-electron chi connectivity index (χ2n) is 7.74. The maximum Gasteiger partial charge on any atom is 0.219 e. The molecular formula is C23H23N7O. The van der Waals surface area contributed by atoms with Crippen LogP contribution in [0.15, 0.2) is 55.1 Å². The zero-order chi connectivity index (χ0) is 21.4. The molecule has 0 atom stereocenters. The summed E-state index contributed by atoms with van der Waals surface area (Å²) in [6.07, 6.45) is 7.30. The predicted octanol–water partition coefficient (Wildman–Crippen LogP) is 2.83. The fourth-order valence-corrected chi connectivity index (χ4v) is 3.83. The van der Waals surface area contributed by atoms with Crippen LogP contribution in [0.3, 0.4) is 0 Å². The quantitative estimate of drug-likeness (QED) is 0.514. The minimum atomic E-state index is 0.117. The molecule has 4 heterocycles. The van der Waals surface area contributed by atoms with Gasteiger partial charge in [-0.05, 0) is 13.0 Å². The summed E-state index contributed by atoms with van der Waals surface area (Å²) in [4.78, 5) is 34.0. The number of anilines is 1. The number of hydrogen-bond acceptors (Lipinski definition) is 6. The lowest BCUT2D eigenvalue weighted by Gasteiger charge is -2.34. The van der Waals surface area contributed by atoms with Gasteiger partial charge in [0.2, 0.25) is 5.91 Å². The molecule has 0 unspecified atom stereocenters. The van der Waals surface area contributed by atoms with Gasteiger partial charge in [-0.1, -0.05) is 29.8 Å². The number of piperazine rings is 1. The van der Waals surface area contributed by atoms with E-state index in [1.807, 2.05) is 21.6 Å². The molecule has 1 fully saturated rings. The van der Waals surface area contributed by atoms with Crippen LogP contribution in [0.25, 0.3) is 28.4 Å². The van der Waals surface area contributed by atoms with Crippen molar-refractivity contribution < 1.29 is 4.79 Å². The summed E-state index contributed by atoms with van der Waals surface area (Å²) >= 11 is 0. The van der Waals surface area contributed by atoms with Gasteiger partial charge in [-0.3, -0.25) is 14.2 Å². The Balaban J connectivity index is 1.47. The molecule has 3 aromatic heterocycles. The topological polar surface area (TPSA) is 79.5 Å². The van der Waals surface area contributed by atoms with Gasteiger partial charge in [-0.25, -0.2) is 15.0 Å². The third kappa shape index (κ3) is 3.72. The fraction of sp³-hybridized carbons (Fsp3) is 0.261. The molecule has 0 saturated carbocycles. The number of nitrogens with zero attached hydrogens (tertiary/aromatic N) is 7. The van der Waals surface area contributed by atoms with Crippen LogP contribution >= 0.6 is 0 Å². The molecule has 8 heteroatoms. The molecule has 5 rings (SSSR count). The smallest absolute Gasteiger partial charge is 0.219 e. The highest BCUT2D eigenvalue weighted by molar-refractivity contribution is 5.73. The third-order valence-corrected chi connectivity index (χ3v) is 5.66. The Morgan fingerprint density at radius 3 is 2.45 bits per heavy atom. The van der Waals surface area contributed by atoms with Crippen molar-refractivity contribution in [3.8, 4) is 22.8 Å². The average molecular weight is 413 g/mol. The van der Waals surface area contributed by atoms with E-state index >= 15 is 0 Å². The molecule has 4 aromatic rings. The van der Waals surface area contributed by atoms with Crippen LogP contribution in [0.4, 0.5) is 5.82 Å². The van der Waals surface area contributed by atoms with Gasteiger partial charge < -0.3 is 9.80 Å². The lowest BCUT2D eigenvalue weighted by Crippen LogP contribution is -2.48. The summed E-state index contributed by atoms with van der Waals surface area (Å²) in [7, 11) is 0. The van der Waals surface area contributed by atoms with Crippen molar-refractivity contribution in [2.24, 2.45) is 0 Å². The lowest BCUT2D eigenvalue weighted by atomic mass is 10.1. The van der Waals surface area contributed by atoms with E-state index < -0.39 is 0 Å². The molecule has 1 aromatic carbocycles. The highest BCUT2D eigenvalue weighted by Gasteiger charge is 2.20. The zero-order valence-electron chi connectivity index (χ0n) is 17.6. The van der Waals surface area contributed by atoms with E-state index in [4.69, 9.17) is 4.98 Å². The first-order chi connectivity index (χ1) is 15.1. The fourth-order valence-electron chi connectivity index (χ4n) is 3.83. The Hall–Kier alpha value is -3.81. The second-order valence-corrected chi connectivity index (χ2v) is 7.74. The minimum absolute atomic E-state index is 0.117. The van der Waals surface area contributed by atoms with E-state index in [-0.39, 0.29) is 5.91 Å². The number of carbonyl (C=O) groups excluding carboxylic acids is 1. The molecular weight excluding hydrogens is 390 g/mol. The van der Waals surface area contributed by atoms with Gasteiger partial charge in [0.15, 0.2) is 11.5 Å². The van der Waals surface area contributed by atoms with Crippen LogP contribution in [0.2, 0.25) is 0 Å². The molecule has 156 valence electrons. The standard InChI is InChI=1S/C23H23N7O/c1-16-3-5-18(6-4-16)19-15-30-20(13-26-22(30)14-25-19)23-24-8-7-21(27-23)29-11-9-28(10-12-29)17(2)31/h3-8,13-15H,9-12H2,1-2H3. The summed E-state index contributed by atoms with van der Waals surface area (Å²) in [5.41, 5.74) is 4.68. The number of imidazole rings is 1. The molecule has 8 nitrogen and oxygen atoms in total. The predicted molar refractivity (Wildman–Crippen MR) is 119 cm³/mol. The maximum atomic E-state index is 11.6. The van der Waals surface area contributed by atoms with Crippen molar-refractivity contribution in [1.82, 2.24) is 29.2 Å². The Kier molecular flexibility index (Phi) is 4.82. The Labute approximate surface area is 180 Å². The summed E-state index contributed by atoms with van der Waals surface area (Å²) < 4.78 is 1.98. The molecule has 1 aliphatic heterocycles. The summed E-state index contributed by atoms with van der Waals surface area (Å²) in [5, 5.41) is 0. The van der Waals surface area contributed by atoms with E-state index in [2.05, 4.69) is 51.0 Å². The number of rotatable bonds is 3. The molecule has 0 aliphatic carbocycles. The SMILES string of the molecule is CC(=O)N1CCN(c2ccnc(-c3cnc4cnc(-c5ccc(C)cc5)cn34)n2)CC1. The van der Waals surface area contributed by atoms with Crippen molar-refractivity contribution >= 4 is 17.4 Å². The molecule has 0 N–H and O–H groups in total. The van der Waals surface area contributed by atoms with E-state index in [0.717, 1.165) is 41.5 Å². The van der Waals surface area contributed by atoms with Crippen molar-refractivity contribution in [2.75, 3.05) is 31.1 Å². The van der Waals surface area contributed by atoms with Crippen molar-refractivity contribution in [1.29, 1.82) is 0 Å². The Morgan fingerprint density at radius 2 is 1.71 bits per heavy atom. The van der Waals surface area contributed by atoms with Gasteiger partial charge in [-0.2, -0.15) is 0 Å². The van der Waals surface area contributed by atoms with Gasteiger partial charge in [-0.15, -0.1) is 0 Å². The van der Waals surface area contributed by atoms with Crippen LogP contribution in [-0.2, 0) is 4.79 Å². The highest BCUT2D eigenvalue weighted by atomic mass is 16.2. The third-order valence-electron chi connectivity index (χ3n) is 5.66. The number of amides is 1. The number of carbonyl (C=O) groups is 1. The van der Waals surface area contributed by atoms with Crippen molar-refractivity contribution in [3.63, 3.8) is 0 Å².